The normalized spacial score (nSPS) is 17.3. The molecule has 2 aromatic rings. The highest BCUT2D eigenvalue weighted by molar-refractivity contribution is 6.00. The van der Waals surface area contributed by atoms with Gasteiger partial charge in [0.05, 0.1) is 11.1 Å². The number of Topliss-reactive ketones (excluding diaryl/α,β-unsaturated/α-hetero) is 1. The van der Waals surface area contributed by atoms with Crippen LogP contribution in [0.1, 0.15) is 78.6 Å². The van der Waals surface area contributed by atoms with Gasteiger partial charge in [-0.2, -0.15) is 0 Å². The van der Waals surface area contributed by atoms with Gasteiger partial charge in [0.1, 0.15) is 11.5 Å². The molecule has 7 heteroatoms. The van der Waals surface area contributed by atoms with Gasteiger partial charge in [0.2, 0.25) is 0 Å². The first-order valence-corrected chi connectivity index (χ1v) is 11.1. The molecular formula is C24H28N2O5. The Bertz CT molecular complexity index is 1050. The number of anilines is 1. The molecule has 1 unspecified atom stereocenters. The molecule has 1 saturated carbocycles. The highest BCUT2D eigenvalue weighted by Crippen LogP contribution is 2.49. The second-order valence-corrected chi connectivity index (χ2v) is 8.36. The van der Waals surface area contributed by atoms with Crippen LogP contribution in [0.4, 0.5) is 10.5 Å². The van der Waals surface area contributed by atoms with Crippen molar-refractivity contribution in [3.63, 3.8) is 0 Å². The van der Waals surface area contributed by atoms with Crippen molar-refractivity contribution in [3.05, 3.63) is 57.1 Å². The lowest BCUT2D eigenvalue weighted by atomic mass is 9.85. The minimum absolute atomic E-state index is 0.158. The topological polar surface area (TPSA) is 109 Å². The van der Waals surface area contributed by atoms with Gasteiger partial charge >= 0.3 is 11.7 Å². The van der Waals surface area contributed by atoms with Gasteiger partial charge in [0, 0.05) is 31.0 Å². The largest absolute Gasteiger partial charge is 0.506 e. The van der Waals surface area contributed by atoms with Crippen LogP contribution in [0.2, 0.25) is 0 Å². The van der Waals surface area contributed by atoms with Crippen molar-refractivity contribution in [2.45, 2.75) is 57.8 Å². The first-order chi connectivity index (χ1) is 15.0. The highest BCUT2D eigenvalue weighted by atomic mass is 16.4. The number of hydrogen-bond acceptors (Lipinski definition) is 5. The molecule has 164 valence electrons. The lowest BCUT2D eigenvalue weighted by Gasteiger charge is -2.21. The average molecular weight is 424 g/mol. The van der Waals surface area contributed by atoms with Crippen LogP contribution in [0.5, 0.6) is 5.75 Å². The fourth-order valence-corrected chi connectivity index (χ4v) is 4.44. The maximum atomic E-state index is 13.0. The lowest BCUT2D eigenvalue weighted by molar-refractivity contribution is 0.0968. The Balaban J connectivity index is 1.77. The van der Waals surface area contributed by atoms with Gasteiger partial charge in [-0.1, -0.05) is 18.6 Å². The molecule has 1 aromatic heterocycles. The molecule has 3 N–H and O–H groups in total. The van der Waals surface area contributed by atoms with Crippen molar-refractivity contribution < 1.29 is 19.1 Å². The maximum absolute atomic E-state index is 13.0. The van der Waals surface area contributed by atoms with Crippen molar-refractivity contribution in [3.8, 4) is 5.75 Å². The third-order valence-corrected chi connectivity index (χ3v) is 6.04. The van der Waals surface area contributed by atoms with Crippen LogP contribution >= 0.6 is 0 Å². The molecule has 0 bridgehead atoms. The molecule has 0 spiro atoms. The standard InChI is InChI=1S/C24H28N2O5/c1-2-25-24(30)26-16-8-6-7-15(13-16)19(14-11-12-14)21-22(28)20-17(27)9-4-3-5-10-18(20)31-23(21)29/h6-8,13-14,19,28H,2-5,9-12H2,1H3,(H2,25,26,30). The lowest BCUT2D eigenvalue weighted by Crippen LogP contribution is -2.28. The summed E-state index contributed by atoms with van der Waals surface area (Å²) in [6.45, 7) is 2.34. The monoisotopic (exact) mass is 424 g/mol. The Morgan fingerprint density at radius 3 is 2.71 bits per heavy atom. The quantitative estimate of drug-likeness (QED) is 0.662. The number of fused-ring (bicyclic) bond motifs is 1. The number of benzene rings is 1. The molecule has 7 nitrogen and oxygen atoms in total. The van der Waals surface area contributed by atoms with Gasteiger partial charge in [-0.25, -0.2) is 9.59 Å². The summed E-state index contributed by atoms with van der Waals surface area (Å²) in [4.78, 5) is 37.7. The molecule has 1 atom stereocenters. The number of ketones is 1. The van der Waals surface area contributed by atoms with Crippen LogP contribution in [-0.4, -0.2) is 23.5 Å². The minimum Gasteiger partial charge on any atom is -0.506 e. The molecule has 2 amide bonds. The zero-order valence-electron chi connectivity index (χ0n) is 17.7. The van der Waals surface area contributed by atoms with Gasteiger partial charge in [-0.05, 0) is 56.2 Å². The summed E-state index contributed by atoms with van der Waals surface area (Å²) in [6.07, 6.45) is 5.14. The van der Waals surface area contributed by atoms with E-state index >= 15 is 0 Å². The van der Waals surface area contributed by atoms with Crippen LogP contribution in [0.3, 0.4) is 0 Å². The Kier molecular flexibility index (Phi) is 6.11. The van der Waals surface area contributed by atoms with E-state index in [1.165, 1.54) is 0 Å². The van der Waals surface area contributed by atoms with E-state index in [9.17, 15) is 19.5 Å². The molecule has 0 aliphatic heterocycles. The van der Waals surface area contributed by atoms with Crippen LogP contribution in [0.15, 0.2) is 33.5 Å². The fourth-order valence-electron chi connectivity index (χ4n) is 4.44. The maximum Gasteiger partial charge on any atom is 0.343 e. The molecule has 0 saturated heterocycles. The third kappa shape index (κ3) is 4.50. The number of nitrogens with one attached hydrogen (secondary N) is 2. The van der Waals surface area contributed by atoms with Crippen molar-refractivity contribution >= 4 is 17.5 Å². The third-order valence-electron chi connectivity index (χ3n) is 6.04. The summed E-state index contributed by atoms with van der Waals surface area (Å²) in [5, 5.41) is 16.6. The van der Waals surface area contributed by atoms with E-state index in [1.54, 1.807) is 6.07 Å². The van der Waals surface area contributed by atoms with Crippen molar-refractivity contribution in [2.75, 3.05) is 11.9 Å². The molecule has 2 aliphatic rings. The summed E-state index contributed by atoms with van der Waals surface area (Å²) >= 11 is 0. The van der Waals surface area contributed by atoms with E-state index in [2.05, 4.69) is 10.6 Å². The summed E-state index contributed by atoms with van der Waals surface area (Å²) in [6, 6.07) is 6.97. The van der Waals surface area contributed by atoms with Gasteiger partial charge in [-0.15, -0.1) is 0 Å². The first kappa shape index (κ1) is 21.2. The summed E-state index contributed by atoms with van der Waals surface area (Å²) in [7, 11) is 0. The number of carbonyl (C=O) groups is 2. The Hall–Kier alpha value is -3.09. The second kappa shape index (κ2) is 8.96. The van der Waals surface area contributed by atoms with Crippen molar-refractivity contribution in [1.82, 2.24) is 5.32 Å². The molecule has 1 heterocycles. The number of urea groups is 1. The number of carbonyl (C=O) groups excluding carboxylic acids is 2. The Morgan fingerprint density at radius 2 is 1.97 bits per heavy atom. The van der Waals surface area contributed by atoms with Gasteiger partial charge < -0.3 is 20.2 Å². The number of hydrogen-bond donors (Lipinski definition) is 3. The van der Waals surface area contributed by atoms with Crippen LogP contribution in [-0.2, 0) is 6.42 Å². The fraction of sp³-hybridized carbons (Fsp3) is 0.458. The second-order valence-electron chi connectivity index (χ2n) is 8.36. The molecular weight excluding hydrogens is 396 g/mol. The zero-order chi connectivity index (χ0) is 22.0. The van der Waals surface area contributed by atoms with E-state index in [-0.39, 0.29) is 34.6 Å². The first-order valence-electron chi connectivity index (χ1n) is 11.1. The molecule has 31 heavy (non-hydrogen) atoms. The molecule has 1 fully saturated rings. The zero-order valence-corrected chi connectivity index (χ0v) is 17.7. The molecule has 4 rings (SSSR count). The predicted octanol–water partition coefficient (Wildman–Crippen LogP) is 4.33. The molecule has 1 aromatic carbocycles. The molecule has 2 aliphatic carbocycles. The number of aromatic hydroxyl groups is 1. The van der Waals surface area contributed by atoms with Crippen LogP contribution in [0, 0.1) is 5.92 Å². The minimum atomic E-state index is -0.580. The highest BCUT2D eigenvalue weighted by Gasteiger charge is 2.39. The number of amides is 2. The summed E-state index contributed by atoms with van der Waals surface area (Å²) < 4.78 is 5.61. The number of aryl methyl sites for hydroxylation is 1. The van der Waals surface area contributed by atoms with Crippen LogP contribution < -0.4 is 16.3 Å². The van der Waals surface area contributed by atoms with E-state index in [0.717, 1.165) is 37.7 Å². The summed E-state index contributed by atoms with van der Waals surface area (Å²) in [5.74, 6) is -0.307. The number of rotatable bonds is 5. The van der Waals surface area contributed by atoms with E-state index in [0.29, 0.717) is 30.8 Å². The SMILES string of the molecule is CCNC(=O)Nc1cccc(C(c2c(O)c3c(oc2=O)CCCCCC3=O)C2CC2)c1. The van der Waals surface area contributed by atoms with Crippen molar-refractivity contribution in [1.29, 1.82) is 0 Å². The molecule has 0 radical (unpaired) electrons. The summed E-state index contributed by atoms with van der Waals surface area (Å²) in [5.41, 5.74) is 1.16. The smallest absolute Gasteiger partial charge is 0.343 e. The van der Waals surface area contributed by atoms with E-state index in [1.807, 2.05) is 25.1 Å². The van der Waals surface area contributed by atoms with E-state index in [4.69, 9.17) is 4.42 Å². The van der Waals surface area contributed by atoms with Crippen LogP contribution in [0.25, 0.3) is 0 Å². The van der Waals surface area contributed by atoms with Crippen molar-refractivity contribution in [2.24, 2.45) is 5.92 Å². The van der Waals surface area contributed by atoms with Gasteiger partial charge in [-0.3, -0.25) is 4.79 Å². The Labute approximate surface area is 180 Å². The average Bonchev–Trinajstić information content (AvgIpc) is 3.54. The Morgan fingerprint density at radius 1 is 1.19 bits per heavy atom. The van der Waals surface area contributed by atoms with Gasteiger partial charge in [0.25, 0.3) is 0 Å². The van der Waals surface area contributed by atoms with E-state index < -0.39 is 11.5 Å². The predicted molar refractivity (Wildman–Crippen MR) is 117 cm³/mol. The van der Waals surface area contributed by atoms with Gasteiger partial charge in [0.15, 0.2) is 5.78 Å².